The van der Waals surface area contributed by atoms with Crippen LogP contribution in [-0.4, -0.2) is 40.0 Å². The van der Waals surface area contributed by atoms with Crippen LogP contribution in [0.2, 0.25) is 0 Å². The van der Waals surface area contributed by atoms with Crippen molar-refractivity contribution in [2.24, 2.45) is 5.92 Å². The van der Waals surface area contributed by atoms with Gasteiger partial charge in [0.15, 0.2) is 0 Å². The molecule has 0 aliphatic heterocycles. The van der Waals surface area contributed by atoms with E-state index in [1.54, 1.807) is 30.0 Å². The average molecular weight is 472 g/mol. The third-order valence-electron chi connectivity index (χ3n) is 4.76. The quantitative estimate of drug-likeness (QED) is 0.494. The predicted octanol–water partition coefficient (Wildman–Crippen LogP) is 3.00. The van der Waals surface area contributed by atoms with Crippen molar-refractivity contribution in [3.63, 3.8) is 0 Å². The summed E-state index contributed by atoms with van der Waals surface area (Å²) in [6, 6.07) is 14.7. The molecule has 7 nitrogen and oxygen atoms in total. The highest BCUT2D eigenvalue weighted by Crippen LogP contribution is 2.15. The minimum Gasteiger partial charge on any atom is -0.469 e. The Morgan fingerprint density at radius 3 is 2.63 bits per heavy atom. The summed E-state index contributed by atoms with van der Waals surface area (Å²) in [5.41, 5.74) is 1.19. The molecule has 0 radical (unpaired) electrons. The molecule has 0 fully saturated rings. The van der Waals surface area contributed by atoms with Crippen molar-refractivity contribution < 1.29 is 14.3 Å². The molecule has 0 aliphatic carbocycles. The van der Waals surface area contributed by atoms with Crippen LogP contribution in [0.15, 0.2) is 64.1 Å². The first kappa shape index (κ1) is 21.7. The highest BCUT2D eigenvalue weighted by molar-refractivity contribution is 9.10. The van der Waals surface area contributed by atoms with E-state index in [1.807, 2.05) is 30.3 Å². The number of rotatable bonds is 7. The molecule has 1 heterocycles. The van der Waals surface area contributed by atoms with E-state index in [2.05, 4.69) is 20.9 Å². The lowest BCUT2D eigenvalue weighted by Gasteiger charge is -2.25. The summed E-state index contributed by atoms with van der Waals surface area (Å²) in [5.74, 6) is -1.17. The third-order valence-corrected chi connectivity index (χ3v) is 5.25. The molecular formula is C22H22BrN3O4. The number of carbonyl (C=O) groups is 2. The van der Waals surface area contributed by atoms with Crippen LogP contribution < -0.4 is 5.56 Å². The van der Waals surface area contributed by atoms with Crippen molar-refractivity contribution in [1.29, 1.82) is 0 Å². The summed E-state index contributed by atoms with van der Waals surface area (Å²) in [6.45, 7) is 2.04. The van der Waals surface area contributed by atoms with Gasteiger partial charge < -0.3 is 9.64 Å². The molecule has 1 atom stereocenters. The van der Waals surface area contributed by atoms with Gasteiger partial charge in [0.05, 0.1) is 30.3 Å². The van der Waals surface area contributed by atoms with Gasteiger partial charge in [0, 0.05) is 17.6 Å². The van der Waals surface area contributed by atoms with Crippen molar-refractivity contribution in [3.8, 4) is 0 Å². The Kier molecular flexibility index (Phi) is 6.99. The SMILES string of the molecule is COC(=O)C(C)CN(Cc1ccccc1)C(=O)Cn1cnc2ccc(Br)cc2c1=O. The summed E-state index contributed by atoms with van der Waals surface area (Å²) in [7, 11) is 1.32. The van der Waals surface area contributed by atoms with Gasteiger partial charge in [-0.3, -0.25) is 19.0 Å². The Bertz CT molecular complexity index is 1110. The van der Waals surface area contributed by atoms with Crippen molar-refractivity contribution in [3.05, 3.63) is 75.2 Å². The number of nitrogens with zero attached hydrogens (tertiary/aromatic N) is 3. The Morgan fingerprint density at radius 2 is 1.93 bits per heavy atom. The van der Waals surface area contributed by atoms with Crippen LogP contribution in [0, 0.1) is 5.92 Å². The van der Waals surface area contributed by atoms with Crippen molar-refractivity contribution in [1.82, 2.24) is 14.5 Å². The van der Waals surface area contributed by atoms with E-state index in [0.717, 1.165) is 10.0 Å². The molecule has 1 unspecified atom stereocenters. The minimum absolute atomic E-state index is 0.172. The molecule has 0 aliphatic rings. The van der Waals surface area contributed by atoms with E-state index in [1.165, 1.54) is 18.0 Å². The fourth-order valence-electron chi connectivity index (χ4n) is 3.15. The zero-order chi connectivity index (χ0) is 21.7. The number of ether oxygens (including phenoxy) is 1. The molecule has 3 rings (SSSR count). The van der Waals surface area contributed by atoms with Crippen LogP contribution in [0.4, 0.5) is 0 Å². The molecule has 0 saturated carbocycles. The van der Waals surface area contributed by atoms with E-state index < -0.39 is 11.9 Å². The summed E-state index contributed by atoms with van der Waals surface area (Å²) >= 11 is 3.35. The van der Waals surface area contributed by atoms with E-state index in [0.29, 0.717) is 17.4 Å². The van der Waals surface area contributed by atoms with Crippen molar-refractivity contribution in [2.75, 3.05) is 13.7 Å². The van der Waals surface area contributed by atoms with Gasteiger partial charge in [0.25, 0.3) is 5.56 Å². The topological polar surface area (TPSA) is 81.5 Å². The summed E-state index contributed by atoms with van der Waals surface area (Å²) < 4.78 is 6.84. The van der Waals surface area contributed by atoms with Gasteiger partial charge in [-0.15, -0.1) is 0 Å². The second-order valence-corrected chi connectivity index (χ2v) is 7.94. The zero-order valence-corrected chi connectivity index (χ0v) is 18.3. The standard InChI is InChI=1S/C22H22BrN3O4/c1-15(22(29)30-2)11-25(12-16-6-4-3-5-7-16)20(27)13-26-14-24-19-9-8-17(23)10-18(19)21(26)28/h3-10,14-15H,11-13H2,1-2H3. The van der Waals surface area contributed by atoms with Gasteiger partial charge in [-0.2, -0.15) is 0 Å². The number of hydrogen-bond acceptors (Lipinski definition) is 5. The maximum absolute atomic E-state index is 13.1. The van der Waals surface area contributed by atoms with Gasteiger partial charge in [-0.1, -0.05) is 53.2 Å². The van der Waals surface area contributed by atoms with Crippen LogP contribution in [0.1, 0.15) is 12.5 Å². The van der Waals surface area contributed by atoms with E-state index in [-0.39, 0.29) is 24.6 Å². The largest absolute Gasteiger partial charge is 0.469 e. The molecule has 0 N–H and O–H groups in total. The molecule has 0 saturated heterocycles. The highest BCUT2D eigenvalue weighted by atomic mass is 79.9. The maximum Gasteiger partial charge on any atom is 0.310 e. The summed E-state index contributed by atoms with van der Waals surface area (Å²) in [4.78, 5) is 43.7. The lowest BCUT2D eigenvalue weighted by atomic mass is 10.1. The van der Waals surface area contributed by atoms with Crippen molar-refractivity contribution in [2.45, 2.75) is 20.0 Å². The zero-order valence-electron chi connectivity index (χ0n) is 16.7. The van der Waals surface area contributed by atoms with Gasteiger partial charge >= 0.3 is 5.97 Å². The number of hydrogen-bond donors (Lipinski definition) is 0. The molecule has 0 bridgehead atoms. The second kappa shape index (κ2) is 9.67. The molecule has 3 aromatic rings. The van der Waals surface area contributed by atoms with E-state index in [4.69, 9.17) is 4.74 Å². The number of benzene rings is 2. The van der Waals surface area contributed by atoms with Crippen LogP contribution in [0.5, 0.6) is 0 Å². The van der Waals surface area contributed by atoms with Gasteiger partial charge in [-0.25, -0.2) is 4.98 Å². The number of amides is 1. The van der Waals surface area contributed by atoms with Crippen LogP contribution in [-0.2, 0) is 27.4 Å². The third kappa shape index (κ3) is 5.13. The second-order valence-electron chi connectivity index (χ2n) is 7.02. The number of esters is 1. The normalized spacial score (nSPS) is 11.8. The number of carbonyl (C=O) groups excluding carboxylic acids is 2. The Morgan fingerprint density at radius 1 is 1.20 bits per heavy atom. The first-order valence-electron chi connectivity index (χ1n) is 9.43. The highest BCUT2D eigenvalue weighted by Gasteiger charge is 2.22. The average Bonchev–Trinajstić information content (AvgIpc) is 2.75. The lowest BCUT2D eigenvalue weighted by molar-refractivity contribution is -0.146. The smallest absolute Gasteiger partial charge is 0.310 e. The Labute approximate surface area is 182 Å². The van der Waals surface area contributed by atoms with E-state index in [9.17, 15) is 14.4 Å². The molecular weight excluding hydrogens is 450 g/mol. The first-order chi connectivity index (χ1) is 14.4. The van der Waals surface area contributed by atoms with Crippen LogP contribution in [0.25, 0.3) is 10.9 Å². The van der Waals surface area contributed by atoms with Crippen LogP contribution in [0.3, 0.4) is 0 Å². The predicted molar refractivity (Wildman–Crippen MR) is 117 cm³/mol. The summed E-state index contributed by atoms with van der Waals surface area (Å²) in [5, 5.41) is 0.428. The molecule has 156 valence electrons. The number of methoxy groups -OCH3 is 1. The lowest BCUT2D eigenvalue weighted by Crippen LogP contribution is -2.40. The fraction of sp³-hybridized carbons (Fsp3) is 0.273. The number of aromatic nitrogens is 2. The van der Waals surface area contributed by atoms with E-state index >= 15 is 0 Å². The fourth-order valence-corrected chi connectivity index (χ4v) is 3.52. The molecule has 2 aromatic carbocycles. The molecule has 8 heteroatoms. The molecule has 30 heavy (non-hydrogen) atoms. The summed E-state index contributed by atoms with van der Waals surface area (Å²) in [6.07, 6.45) is 1.38. The molecule has 0 spiro atoms. The molecule has 1 aromatic heterocycles. The van der Waals surface area contributed by atoms with Gasteiger partial charge in [0.2, 0.25) is 5.91 Å². The van der Waals surface area contributed by atoms with Gasteiger partial charge in [0.1, 0.15) is 6.54 Å². The Balaban J connectivity index is 1.86. The number of halogens is 1. The number of fused-ring (bicyclic) bond motifs is 1. The first-order valence-corrected chi connectivity index (χ1v) is 10.2. The van der Waals surface area contributed by atoms with Crippen LogP contribution >= 0.6 is 15.9 Å². The monoisotopic (exact) mass is 471 g/mol. The molecule has 1 amide bonds. The maximum atomic E-state index is 13.1. The Hall–Kier alpha value is -3.00. The van der Waals surface area contributed by atoms with Gasteiger partial charge in [-0.05, 0) is 23.8 Å². The van der Waals surface area contributed by atoms with Crippen molar-refractivity contribution >= 4 is 38.7 Å². The minimum atomic E-state index is -0.495.